The van der Waals surface area contributed by atoms with Crippen LogP contribution < -0.4 is 5.32 Å². The smallest absolute Gasteiger partial charge is 0.263 e. The van der Waals surface area contributed by atoms with Crippen LogP contribution in [0.3, 0.4) is 0 Å². The van der Waals surface area contributed by atoms with E-state index in [1.807, 2.05) is 20.8 Å². The van der Waals surface area contributed by atoms with E-state index < -0.39 is 0 Å². The van der Waals surface area contributed by atoms with E-state index >= 15 is 0 Å². The molecule has 0 bridgehead atoms. The second kappa shape index (κ2) is 4.65. The molecule has 0 aromatic carbocycles. The minimum atomic E-state index is -0.344. The molecule has 108 valence electrons. The average molecular weight is 285 g/mol. The van der Waals surface area contributed by atoms with Gasteiger partial charge in [-0.3, -0.25) is 15.2 Å². The van der Waals surface area contributed by atoms with E-state index in [9.17, 15) is 4.79 Å². The Labute approximate surface area is 120 Å². The van der Waals surface area contributed by atoms with Crippen molar-refractivity contribution in [1.29, 1.82) is 0 Å². The molecular weight excluding hydrogens is 270 g/mol. The van der Waals surface area contributed by atoms with Gasteiger partial charge in [-0.15, -0.1) is 5.10 Å². The van der Waals surface area contributed by atoms with Crippen LogP contribution in [-0.2, 0) is 5.41 Å². The third-order valence-electron chi connectivity index (χ3n) is 2.95. The van der Waals surface area contributed by atoms with Gasteiger partial charge in [-0.05, 0) is 6.07 Å². The molecule has 0 aliphatic carbocycles. The number of carbonyl (C=O) groups excluding carboxylic acids is 1. The molecule has 0 aliphatic rings. The summed E-state index contributed by atoms with van der Waals surface area (Å²) in [7, 11) is 0. The maximum atomic E-state index is 12.2. The summed E-state index contributed by atoms with van der Waals surface area (Å²) in [6, 6.07) is 1.74. The van der Waals surface area contributed by atoms with Gasteiger partial charge in [0.05, 0.1) is 6.20 Å². The van der Waals surface area contributed by atoms with Crippen molar-refractivity contribution >= 4 is 17.5 Å². The van der Waals surface area contributed by atoms with Crippen molar-refractivity contribution in [3.05, 3.63) is 36.0 Å². The lowest BCUT2D eigenvalue weighted by molar-refractivity contribution is 0.102. The van der Waals surface area contributed by atoms with Crippen LogP contribution in [0.15, 0.2) is 24.7 Å². The van der Waals surface area contributed by atoms with E-state index in [4.69, 9.17) is 0 Å². The monoisotopic (exact) mass is 285 g/mol. The molecule has 8 heteroatoms. The molecule has 0 spiro atoms. The van der Waals surface area contributed by atoms with Gasteiger partial charge in [0.25, 0.3) is 5.91 Å². The Kier molecular flexibility index (Phi) is 2.93. The molecule has 1 amide bonds. The van der Waals surface area contributed by atoms with Gasteiger partial charge in [0.1, 0.15) is 11.4 Å². The number of amides is 1. The summed E-state index contributed by atoms with van der Waals surface area (Å²) in [6.07, 6.45) is 4.80. The second-order valence-corrected chi connectivity index (χ2v) is 5.66. The number of H-pyrrole nitrogens is 1. The Hall–Kier alpha value is -2.77. The average Bonchev–Trinajstić information content (AvgIpc) is 3.03. The zero-order chi connectivity index (χ0) is 15.0. The molecule has 0 saturated heterocycles. The Morgan fingerprint density at radius 3 is 2.90 bits per heavy atom. The number of rotatable bonds is 2. The van der Waals surface area contributed by atoms with Crippen molar-refractivity contribution in [1.82, 2.24) is 29.8 Å². The van der Waals surface area contributed by atoms with Crippen LogP contribution in [-0.4, -0.2) is 35.7 Å². The highest BCUT2D eigenvalue weighted by atomic mass is 16.1. The van der Waals surface area contributed by atoms with Crippen LogP contribution in [0.25, 0.3) is 5.65 Å². The van der Waals surface area contributed by atoms with Crippen molar-refractivity contribution in [2.45, 2.75) is 26.2 Å². The molecule has 0 radical (unpaired) electrons. The highest BCUT2D eigenvalue weighted by Gasteiger charge is 2.20. The predicted octanol–water partition coefficient (Wildman–Crippen LogP) is 1.40. The van der Waals surface area contributed by atoms with E-state index in [-0.39, 0.29) is 17.3 Å². The second-order valence-electron chi connectivity index (χ2n) is 5.66. The van der Waals surface area contributed by atoms with Gasteiger partial charge in [0.15, 0.2) is 5.65 Å². The van der Waals surface area contributed by atoms with Gasteiger partial charge >= 0.3 is 0 Å². The van der Waals surface area contributed by atoms with Crippen molar-refractivity contribution in [3.63, 3.8) is 0 Å². The normalized spacial score (nSPS) is 11.8. The molecule has 0 atom stereocenters. The fraction of sp³-hybridized carbons (Fsp3) is 0.308. The molecule has 3 heterocycles. The van der Waals surface area contributed by atoms with Crippen molar-refractivity contribution in [3.8, 4) is 0 Å². The molecule has 0 saturated carbocycles. The highest BCUT2D eigenvalue weighted by Crippen LogP contribution is 2.18. The fourth-order valence-electron chi connectivity index (χ4n) is 1.81. The van der Waals surface area contributed by atoms with Crippen LogP contribution in [0.2, 0.25) is 0 Å². The lowest BCUT2D eigenvalue weighted by Gasteiger charge is -2.12. The first-order valence-corrected chi connectivity index (χ1v) is 6.48. The number of fused-ring (bicyclic) bond motifs is 1. The van der Waals surface area contributed by atoms with Gasteiger partial charge in [-0.2, -0.15) is 10.1 Å². The first kappa shape index (κ1) is 13.2. The van der Waals surface area contributed by atoms with Gasteiger partial charge in [-0.1, -0.05) is 20.8 Å². The standard InChI is InChI=1S/C13H15N7O/c1-13(2,3)11-17-12(19-18-11)16-10(21)8-7-15-20-6-4-5-14-9(8)20/h4-7H,1-3H3,(H2,16,17,18,19,21). The zero-order valence-electron chi connectivity index (χ0n) is 12.0. The van der Waals surface area contributed by atoms with Crippen molar-refractivity contribution in [2.75, 3.05) is 5.32 Å². The minimum Gasteiger partial charge on any atom is -0.289 e. The maximum absolute atomic E-state index is 12.2. The Bertz CT molecular complexity index is 796. The molecule has 0 aliphatic heterocycles. The number of hydrogen-bond donors (Lipinski definition) is 2. The van der Waals surface area contributed by atoms with Crippen LogP contribution in [0.4, 0.5) is 5.95 Å². The third-order valence-corrected chi connectivity index (χ3v) is 2.95. The third kappa shape index (κ3) is 2.47. The first-order valence-electron chi connectivity index (χ1n) is 6.48. The lowest BCUT2D eigenvalue weighted by atomic mass is 9.96. The predicted molar refractivity (Wildman–Crippen MR) is 76.0 cm³/mol. The number of nitrogens with one attached hydrogen (secondary N) is 2. The van der Waals surface area contributed by atoms with Gasteiger partial charge in [0.2, 0.25) is 5.95 Å². The summed E-state index contributed by atoms with van der Waals surface area (Å²) in [6.45, 7) is 6.02. The fourth-order valence-corrected chi connectivity index (χ4v) is 1.81. The maximum Gasteiger partial charge on any atom is 0.263 e. The summed E-state index contributed by atoms with van der Waals surface area (Å²) >= 11 is 0. The van der Waals surface area contributed by atoms with Crippen molar-refractivity contribution in [2.24, 2.45) is 0 Å². The van der Waals surface area contributed by atoms with Gasteiger partial charge < -0.3 is 0 Å². The highest BCUT2D eigenvalue weighted by molar-refractivity contribution is 6.07. The van der Waals surface area contributed by atoms with Crippen LogP contribution in [0.1, 0.15) is 37.0 Å². The SMILES string of the molecule is CC(C)(C)c1nc(NC(=O)c2cnn3cccnc23)n[nH]1. The van der Waals surface area contributed by atoms with Crippen LogP contribution in [0, 0.1) is 0 Å². The summed E-state index contributed by atoms with van der Waals surface area (Å²) < 4.78 is 1.54. The molecule has 21 heavy (non-hydrogen) atoms. The Morgan fingerprint density at radius 1 is 1.38 bits per heavy atom. The Morgan fingerprint density at radius 2 is 2.19 bits per heavy atom. The summed E-state index contributed by atoms with van der Waals surface area (Å²) in [5, 5.41) is 13.5. The molecule has 0 fully saturated rings. The van der Waals surface area contributed by atoms with E-state index in [0.717, 1.165) is 0 Å². The molecular formula is C13H15N7O. The van der Waals surface area contributed by atoms with E-state index in [1.165, 1.54) is 10.7 Å². The van der Waals surface area contributed by atoms with Crippen molar-refractivity contribution < 1.29 is 4.79 Å². The Balaban J connectivity index is 1.85. The topological polar surface area (TPSA) is 101 Å². The summed E-state index contributed by atoms with van der Waals surface area (Å²) in [4.78, 5) is 20.7. The van der Waals surface area contributed by atoms with E-state index in [1.54, 1.807) is 18.5 Å². The minimum absolute atomic E-state index is 0.165. The van der Waals surface area contributed by atoms with E-state index in [0.29, 0.717) is 17.0 Å². The van der Waals surface area contributed by atoms with Crippen LogP contribution in [0.5, 0.6) is 0 Å². The molecule has 3 aromatic rings. The van der Waals surface area contributed by atoms with Crippen LogP contribution >= 0.6 is 0 Å². The largest absolute Gasteiger partial charge is 0.289 e. The first-order chi connectivity index (χ1) is 9.95. The number of nitrogens with zero attached hydrogens (tertiary/aromatic N) is 5. The summed E-state index contributed by atoms with van der Waals surface area (Å²) in [5.41, 5.74) is 0.696. The number of aromatic amines is 1. The molecule has 0 unspecified atom stereocenters. The lowest BCUT2D eigenvalue weighted by Crippen LogP contribution is -2.15. The van der Waals surface area contributed by atoms with Gasteiger partial charge in [-0.25, -0.2) is 9.50 Å². The summed E-state index contributed by atoms with van der Waals surface area (Å²) in [5.74, 6) is 0.596. The molecule has 3 rings (SSSR count). The van der Waals surface area contributed by atoms with Gasteiger partial charge in [0, 0.05) is 17.8 Å². The zero-order valence-corrected chi connectivity index (χ0v) is 12.0. The molecule has 8 nitrogen and oxygen atoms in total. The molecule has 3 aromatic heterocycles. The number of hydrogen-bond acceptors (Lipinski definition) is 5. The number of anilines is 1. The molecule has 2 N–H and O–H groups in total. The number of carbonyl (C=O) groups is 1. The quantitative estimate of drug-likeness (QED) is 0.741. The number of aromatic nitrogens is 6. The van der Waals surface area contributed by atoms with E-state index in [2.05, 4.69) is 30.6 Å².